The van der Waals surface area contributed by atoms with Crippen molar-refractivity contribution >= 4 is 53.2 Å². The molecule has 12 heteroatoms. The SMILES string of the molecule is CCCCCOC(=O)c1ccc(Nc2nc(N)nc(Nc3ccc(C=C(C(=O)OCC(C)(C)C)C(=O)OCC(C)(C)C)cc3)n2)cc1. The molecule has 0 saturated heterocycles. The van der Waals surface area contributed by atoms with E-state index in [9.17, 15) is 14.4 Å². The summed E-state index contributed by atoms with van der Waals surface area (Å²) in [5.41, 5.74) is 7.47. The standard InChI is InChI=1S/C35H46N6O6/c1-8-9-10-19-45-28(42)24-13-17-26(18-14-24)38-33-40-31(36)39-32(41-33)37-25-15-11-23(12-16-25)20-27(29(43)46-21-34(2,3)4)30(44)47-22-35(5,6)7/h11-18,20H,8-10,19,21-22H2,1-7H3,(H4,36,37,38,39,40,41). The minimum Gasteiger partial charge on any atom is -0.462 e. The molecule has 0 saturated carbocycles. The van der Waals surface area contributed by atoms with E-state index in [1.807, 2.05) is 41.5 Å². The maximum absolute atomic E-state index is 12.9. The summed E-state index contributed by atoms with van der Waals surface area (Å²) in [6.45, 7) is 14.3. The number of aromatic nitrogens is 3. The number of nitrogens with zero attached hydrogens (tertiary/aromatic N) is 3. The Balaban J connectivity index is 1.70. The molecule has 3 rings (SSSR count). The van der Waals surface area contributed by atoms with Crippen LogP contribution < -0.4 is 16.4 Å². The fourth-order valence-corrected chi connectivity index (χ4v) is 3.80. The molecule has 3 aromatic rings. The van der Waals surface area contributed by atoms with Crippen molar-refractivity contribution in [3.63, 3.8) is 0 Å². The topological polar surface area (TPSA) is 168 Å². The summed E-state index contributed by atoms with van der Waals surface area (Å²) in [5, 5.41) is 6.13. The number of benzene rings is 2. The monoisotopic (exact) mass is 646 g/mol. The fraction of sp³-hybridized carbons (Fsp3) is 0.429. The van der Waals surface area contributed by atoms with Gasteiger partial charge in [0.1, 0.15) is 5.57 Å². The van der Waals surface area contributed by atoms with Crippen LogP contribution in [0.3, 0.4) is 0 Å². The van der Waals surface area contributed by atoms with Crippen molar-refractivity contribution in [2.75, 3.05) is 36.2 Å². The quantitative estimate of drug-likeness (QED) is 0.0417. The van der Waals surface area contributed by atoms with Crippen molar-refractivity contribution < 1.29 is 28.6 Å². The first-order valence-electron chi connectivity index (χ1n) is 15.6. The zero-order chi connectivity index (χ0) is 34.6. The van der Waals surface area contributed by atoms with E-state index in [0.717, 1.165) is 19.3 Å². The molecule has 0 spiro atoms. The number of carbonyl (C=O) groups excluding carboxylic acids is 3. The lowest BCUT2D eigenvalue weighted by molar-refractivity contribution is -0.149. The van der Waals surface area contributed by atoms with Gasteiger partial charge in [-0.1, -0.05) is 73.4 Å². The van der Waals surface area contributed by atoms with E-state index in [-0.39, 0.29) is 53.4 Å². The van der Waals surface area contributed by atoms with Gasteiger partial charge in [0, 0.05) is 11.4 Å². The molecule has 4 N–H and O–H groups in total. The van der Waals surface area contributed by atoms with Crippen molar-refractivity contribution in [3.8, 4) is 0 Å². The van der Waals surface area contributed by atoms with Gasteiger partial charge >= 0.3 is 17.9 Å². The predicted octanol–water partition coefficient (Wildman–Crippen LogP) is 6.85. The van der Waals surface area contributed by atoms with Crippen LogP contribution in [0, 0.1) is 10.8 Å². The van der Waals surface area contributed by atoms with Crippen molar-refractivity contribution in [2.24, 2.45) is 10.8 Å². The Kier molecular flexibility index (Phi) is 12.8. The molecule has 0 aliphatic carbocycles. The van der Waals surface area contributed by atoms with Crippen molar-refractivity contribution in [3.05, 3.63) is 65.2 Å². The molecule has 1 heterocycles. The number of rotatable bonds is 14. The molecule has 0 amide bonds. The summed E-state index contributed by atoms with van der Waals surface area (Å²) in [6, 6.07) is 13.7. The van der Waals surface area contributed by atoms with E-state index in [1.54, 1.807) is 48.5 Å². The van der Waals surface area contributed by atoms with Crippen LogP contribution >= 0.6 is 0 Å². The summed E-state index contributed by atoms with van der Waals surface area (Å²) in [7, 11) is 0. The Bertz CT molecular complexity index is 1510. The van der Waals surface area contributed by atoms with E-state index >= 15 is 0 Å². The highest BCUT2D eigenvalue weighted by molar-refractivity contribution is 6.17. The lowest BCUT2D eigenvalue weighted by Crippen LogP contribution is -2.25. The smallest absolute Gasteiger partial charge is 0.345 e. The van der Waals surface area contributed by atoms with E-state index < -0.39 is 11.9 Å². The number of carbonyl (C=O) groups is 3. The summed E-state index contributed by atoms with van der Waals surface area (Å²) in [5.74, 6) is -1.50. The lowest BCUT2D eigenvalue weighted by Gasteiger charge is -2.20. The van der Waals surface area contributed by atoms with Crippen LogP contribution in [0.25, 0.3) is 6.08 Å². The number of nitrogens with one attached hydrogen (secondary N) is 2. The minimum atomic E-state index is -0.751. The number of ether oxygens (including phenoxy) is 3. The predicted molar refractivity (Wildman–Crippen MR) is 182 cm³/mol. The van der Waals surface area contributed by atoms with Crippen LogP contribution in [-0.4, -0.2) is 52.7 Å². The van der Waals surface area contributed by atoms with Crippen molar-refractivity contribution in [1.82, 2.24) is 15.0 Å². The van der Waals surface area contributed by atoms with Crippen molar-refractivity contribution in [1.29, 1.82) is 0 Å². The lowest BCUT2D eigenvalue weighted by atomic mass is 9.98. The van der Waals surface area contributed by atoms with Crippen LogP contribution in [0.4, 0.5) is 29.2 Å². The number of nitrogen functional groups attached to an aromatic ring is 1. The molecule has 12 nitrogen and oxygen atoms in total. The molecule has 1 aromatic heterocycles. The second-order valence-electron chi connectivity index (χ2n) is 13.5. The van der Waals surface area contributed by atoms with Crippen LogP contribution in [-0.2, 0) is 23.8 Å². The fourth-order valence-electron chi connectivity index (χ4n) is 3.80. The first-order chi connectivity index (χ1) is 22.1. The van der Waals surface area contributed by atoms with Crippen molar-refractivity contribution in [2.45, 2.75) is 67.7 Å². The van der Waals surface area contributed by atoms with E-state index in [0.29, 0.717) is 29.1 Å². The second kappa shape index (κ2) is 16.5. The van der Waals surface area contributed by atoms with Gasteiger partial charge in [0.15, 0.2) is 0 Å². The van der Waals surface area contributed by atoms with E-state index in [2.05, 4.69) is 32.5 Å². The molecule has 0 radical (unpaired) electrons. The zero-order valence-electron chi connectivity index (χ0n) is 28.3. The molecule has 2 aromatic carbocycles. The number of esters is 3. The first-order valence-corrected chi connectivity index (χ1v) is 15.6. The van der Waals surface area contributed by atoms with Crippen LogP contribution in [0.2, 0.25) is 0 Å². The highest BCUT2D eigenvalue weighted by Crippen LogP contribution is 2.22. The molecular formula is C35H46N6O6. The first kappa shape index (κ1) is 36.5. The molecule has 0 bridgehead atoms. The molecule has 47 heavy (non-hydrogen) atoms. The number of unbranched alkanes of at least 4 members (excludes halogenated alkanes) is 2. The Morgan fingerprint density at radius 3 is 1.68 bits per heavy atom. The van der Waals surface area contributed by atoms with Gasteiger partial charge in [0.05, 0.1) is 25.4 Å². The maximum atomic E-state index is 12.9. The molecular weight excluding hydrogens is 600 g/mol. The van der Waals surface area contributed by atoms with Gasteiger partial charge in [-0.3, -0.25) is 0 Å². The molecule has 0 unspecified atom stereocenters. The largest absolute Gasteiger partial charge is 0.462 e. The average molecular weight is 647 g/mol. The Hall–Kier alpha value is -5.00. The zero-order valence-corrected chi connectivity index (χ0v) is 28.3. The van der Waals surface area contributed by atoms with Gasteiger partial charge in [-0.2, -0.15) is 15.0 Å². The summed E-state index contributed by atoms with van der Waals surface area (Å²) < 4.78 is 16.1. The highest BCUT2D eigenvalue weighted by Gasteiger charge is 2.25. The third-order valence-corrected chi connectivity index (χ3v) is 6.20. The number of anilines is 5. The van der Waals surface area contributed by atoms with Crippen LogP contribution in [0.5, 0.6) is 0 Å². The Labute approximate surface area is 276 Å². The van der Waals surface area contributed by atoms with Gasteiger partial charge in [-0.05, 0) is 65.3 Å². The summed E-state index contributed by atoms with van der Waals surface area (Å²) in [6.07, 6.45) is 4.35. The molecule has 0 aliphatic heterocycles. The van der Waals surface area contributed by atoms with Gasteiger partial charge in [-0.15, -0.1) is 0 Å². The van der Waals surface area contributed by atoms with Crippen LogP contribution in [0.1, 0.15) is 83.7 Å². The number of nitrogens with two attached hydrogens (primary N) is 1. The maximum Gasteiger partial charge on any atom is 0.345 e. The minimum absolute atomic E-state index is 0.0102. The molecule has 252 valence electrons. The molecule has 0 atom stereocenters. The van der Waals surface area contributed by atoms with Gasteiger partial charge < -0.3 is 30.6 Å². The third-order valence-electron chi connectivity index (χ3n) is 6.20. The highest BCUT2D eigenvalue weighted by atomic mass is 16.6. The van der Waals surface area contributed by atoms with Gasteiger partial charge in [-0.25, -0.2) is 14.4 Å². The van der Waals surface area contributed by atoms with Gasteiger partial charge in [0.25, 0.3) is 0 Å². The normalized spacial score (nSPS) is 11.3. The Morgan fingerprint density at radius 2 is 1.21 bits per heavy atom. The third kappa shape index (κ3) is 13.1. The van der Waals surface area contributed by atoms with Gasteiger partial charge in [0.2, 0.25) is 17.8 Å². The second-order valence-corrected chi connectivity index (χ2v) is 13.5. The summed E-state index contributed by atoms with van der Waals surface area (Å²) in [4.78, 5) is 50.7. The van der Waals surface area contributed by atoms with E-state index in [1.165, 1.54) is 6.08 Å². The average Bonchev–Trinajstić information content (AvgIpc) is 2.99. The Morgan fingerprint density at radius 1 is 0.723 bits per heavy atom. The molecule has 0 aliphatic rings. The summed E-state index contributed by atoms with van der Waals surface area (Å²) >= 11 is 0. The van der Waals surface area contributed by atoms with Crippen LogP contribution in [0.15, 0.2) is 54.1 Å². The van der Waals surface area contributed by atoms with E-state index in [4.69, 9.17) is 19.9 Å². The number of hydrogen-bond donors (Lipinski definition) is 3. The number of hydrogen-bond acceptors (Lipinski definition) is 12. The molecule has 0 fully saturated rings.